The molecule has 1 N–H and O–H groups in total. The van der Waals surface area contributed by atoms with Gasteiger partial charge < -0.3 is 9.84 Å². The zero-order valence-electron chi connectivity index (χ0n) is 12.3. The number of aromatic carboxylic acids is 1. The van der Waals surface area contributed by atoms with Crippen molar-refractivity contribution in [3.05, 3.63) is 28.1 Å². The van der Waals surface area contributed by atoms with E-state index in [1.807, 2.05) is 0 Å². The highest BCUT2D eigenvalue weighted by atomic mass is 79.9. The second-order valence-electron chi connectivity index (χ2n) is 4.46. The summed E-state index contributed by atoms with van der Waals surface area (Å²) in [6.07, 6.45) is -8.88. The molecule has 1 aromatic heterocycles. The van der Waals surface area contributed by atoms with Crippen LogP contribution in [0, 0.1) is 0 Å². The third kappa shape index (κ3) is 4.66. The molecule has 1 atom stereocenters. The van der Waals surface area contributed by atoms with Gasteiger partial charge in [-0.2, -0.15) is 13.2 Å². The van der Waals surface area contributed by atoms with Crippen LogP contribution in [0.2, 0.25) is 0 Å². The smallest absolute Gasteiger partial charge is 0.434 e. The van der Waals surface area contributed by atoms with Crippen molar-refractivity contribution in [2.75, 3.05) is 11.9 Å². The van der Waals surface area contributed by atoms with Crippen LogP contribution in [-0.2, 0) is 10.9 Å². The molecule has 0 bridgehead atoms. The van der Waals surface area contributed by atoms with E-state index in [-0.39, 0.29) is 11.9 Å². The van der Waals surface area contributed by atoms with Crippen LogP contribution in [0.1, 0.15) is 55.8 Å². The molecule has 1 heterocycles. The average Bonchev–Trinajstić information content (AvgIpc) is 2.50. The number of rotatable bonds is 6. The molecule has 0 saturated heterocycles. The second kappa shape index (κ2) is 8.39. The summed E-state index contributed by atoms with van der Waals surface area (Å²) in [6.45, 7) is 1.01. The van der Waals surface area contributed by atoms with Gasteiger partial charge in [-0.05, 0) is 12.5 Å². The van der Waals surface area contributed by atoms with Crippen molar-refractivity contribution in [1.82, 2.24) is 4.98 Å². The average molecular weight is 499 g/mol. The van der Waals surface area contributed by atoms with Crippen molar-refractivity contribution in [3.8, 4) is 0 Å². The highest BCUT2D eigenvalue weighted by molar-refractivity contribution is 9.12. The monoisotopic (exact) mass is 497 g/mol. The summed E-state index contributed by atoms with van der Waals surface area (Å²) < 4.78 is 70.7. The van der Waals surface area contributed by atoms with E-state index in [2.05, 4.69) is 41.6 Å². The maximum atomic E-state index is 13.3. The number of halogens is 7. The maximum absolute atomic E-state index is 13.3. The first-order chi connectivity index (χ1) is 11.5. The van der Waals surface area contributed by atoms with Gasteiger partial charge in [0.1, 0.15) is 5.69 Å². The molecule has 1 unspecified atom stereocenters. The topological polar surface area (TPSA) is 76.5 Å². The number of nitrogens with zero attached hydrogens (tertiary/aromatic N) is 1. The SMILES string of the molecule is CCOC(=O)c1c(C(F)(F)F)nc(C(F)F)c(C(=O)O)c1C(Br)CBr. The first-order valence-corrected chi connectivity index (χ1v) is 8.54. The third-order valence-corrected chi connectivity index (χ3v) is 5.18. The molecular weight excluding hydrogens is 489 g/mol. The fourth-order valence-electron chi connectivity index (χ4n) is 2.01. The van der Waals surface area contributed by atoms with Crippen molar-refractivity contribution in [3.63, 3.8) is 0 Å². The lowest BCUT2D eigenvalue weighted by Gasteiger charge is -2.21. The highest BCUT2D eigenvalue weighted by Crippen LogP contribution is 2.41. The molecule has 0 radical (unpaired) electrons. The molecule has 5 nitrogen and oxygen atoms in total. The minimum atomic E-state index is -5.28. The Morgan fingerprint density at radius 3 is 2.20 bits per heavy atom. The van der Waals surface area contributed by atoms with Gasteiger partial charge in [0.25, 0.3) is 6.43 Å². The van der Waals surface area contributed by atoms with E-state index in [1.165, 1.54) is 6.92 Å². The van der Waals surface area contributed by atoms with Gasteiger partial charge in [0.2, 0.25) is 0 Å². The first kappa shape index (κ1) is 21.7. The number of alkyl halides is 7. The summed E-state index contributed by atoms with van der Waals surface area (Å²) in [7, 11) is 0. The van der Waals surface area contributed by atoms with Crippen LogP contribution in [0.4, 0.5) is 22.0 Å². The molecule has 0 spiro atoms. The molecule has 0 fully saturated rings. The fraction of sp³-hybridized carbons (Fsp3) is 0.462. The van der Waals surface area contributed by atoms with Gasteiger partial charge in [-0.3, -0.25) is 0 Å². The maximum Gasteiger partial charge on any atom is 0.434 e. The van der Waals surface area contributed by atoms with Crippen LogP contribution in [0.3, 0.4) is 0 Å². The van der Waals surface area contributed by atoms with Crippen LogP contribution in [0.5, 0.6) is 0 Å². The van der Waals surface area contributed by atoms with E-state index in [9.17, 15) is 36.6 Å². The lowest BCUT2D eigenvalue weighted by atomic mass is 9.95. The van der Waals surface area contributed by atoms with Crippen molar-refractivity contribution in [1.29, 1.82) is 0 Å². The highest BCUT2D eigenvalue weighted by Gasteiger charge is 2.44. The quantitative estimate of drug-likeness (QED) is 0.348. The van der Waals surface area contributed by atoms with E-state index in [4.69, 9.17) is 0 Å². The molecule has 0 amide bonds. The Balaban J connectivity index is 4.08. The van der Waals surface area contributed by atoms with E-state index < -0.39 is 57.4 Å². The molecule has 0 aliphatic heterocycles. The zero-order chi connectivity index (χ0) is 19.5. The van der Waals surface area contributed by atoms with Gasteiger partial charge in [-0.25, -0.2) is 23.4 Å². The van der Waals surface area contributed by atoms with Gasteiger partial charge in [-0.15, -0.1) is 0 Å². The minimum absolute atomic E-state index is 0.163. The number of hydrogen-bond donors (Lipinski definition) is 1. The van der Waals surface area contributed by atoms with E-state index in [1.54, 1.807) is 0 Å². The molecule has 1 rings (SSSR count). The van der Waals surface area contributed by atoms with Crippen LogP contribution in [0.25, 0.3) is 0 Å². The largest absolute Gasteiger partial charge is 0.478 e. The Morgan fingerprint density at radius 1 is 1.28 bits per heavy atom. The van der Waals surface area contributed by atoms with E-state index in [0.717, 1.165) is 0 Å². The summed E-state index contributed by atoms with van der Waals surface area (Å²) in [4.78, 5) is 25.0. The van der Waals surface area contributed by atoms with Gasteiger partial charge in [-0.1, -0.05) is 31.9 Å². The molecule has 0 saturated carbocycles. The molecule has 1 aromatic rings. The summed E-state index contributed by atoms with van der Waals surface area (Å²) in [5.41, 5.74) is -6.66. The number of aromatic nitrogens is 1. The van der Waals surface area contributed by atoms with Gasteiger partial charge in [0.15, 0.2) is 5.69 Å². The molecule has 25 heavy (non-hydrogen) atoms. The second-order valence-corrected chi connectivity index (χ2v) is 6.21. The zero-order valence-corrected chi connectivity index (χ0v) is 15.5. The van der Waals surface area contributed by atoms with Crippen molar-refractivity contribution in [2.24, 2.45) is 0 Å². The number of carbonyl (C=O) groups is 2. The van der Waals surface area contributed by atoms with Crippen molar-refractivity contribution in [2.45, 2.75) is 24.4 Å². The molecular formula is C13H10Br2F5NO4. The van der Waals surface area contributed by atoms with Gasteiger partial charge in [0.05, 0.1) is 22.6 Å². The fourth-order valence-corrected chi connectivity index (χ4v) is 2.79. The molecule has 140 valence electrons. The van der Waals surface area contributed by atoms with Gasteiger partial charge in [0, 0.05) is 5.33 Å². The number of esters is 1. The Hall–Kier alpha value is -1.30. The minimum Gasteiger partial charge on any atom is -0.478 e. The number of carbonyl (C=O) groups excluding carboxylic acids is 1. The number of ether oxygens (including phenoxy) is 1. The third-order valence-electron chi connectivity index (χ3n) is 2.88. The van der Waals surface area contributed by atoms with E-state index >= 15 is 0 Å². The Bertz CT molecular complexity index is 681. The van der Waals surface area contributed by atoms with Gasteiger partial charge >= 0.3 is 18.1 Å². The van der Waals surface area contributed by atoms with E-state index in [0.29, 0.717) is 0 Å². The van der Waals surface area contributed by atoms with Crippen molar-refractivity contribution < 1.29 is 41.4 Å². The molecule has 0 aliphatic carbocycles. The lowest BCUT2D eigenvalue weighted by molar-refractivity contribution is -0.142. The predicted octanol–water partition coefficient (Wildman–Crippen LogP) is 4.74. The van der Waals surface area contributed by atoms with Crippen LogP contribution in [0.15, 0.2) is 0 Å². The lowest BCUT2D eigenvalue weighted by Crippen LogP contribution is -2.25. The van der Waals surface area contributed by atoms with Crippen molar-refractivity contribution >= 4 is 43.8 Å². The number of carboxylic acid groups (broad SMARTS) is 1. The number of carboxylic acids is 1. The predicted molar refractivity (Wildman–Crippen MR) is 82.6 cm³/mol. The summed E-state index contributed by atoms with van der Waals surface area (Å²) >= 11 is 5.81. The Kier molecular flexibility index (Phi) is 7.29. The van der Waals surface area contributed by atoms with Crippen LogP contribution < -0.4 is 0 Å². The van der Waals surface area contributed by atoms with Crippen LogP contribution >= 0.6 is 31.9 Å². The Labute approximate surface area is 154 Å². The summed E-state index contributed by atoms with van der Waals surface area (Å²) in [5.74, 6) is -3.45. The normalized spacial score (nSPS) is 13.0. The molecule has 0 aliphatic rings. The first-order valence-electron chi connectivity index (χ1n) is 6.50. The molecule has 0 aromatic carbocycles. The summed E-state index contributed by atoms with van der Waals surface area (Å²) in [5, 5.41) is 9.06. The van der Waals surface area contributed by atoms with Crippen LogP contribution in [-0.4, -0.2) is 34.0 Å². The molecule has 12 heteroatoms. The summed E-state index contributed by atoms with van der Waals surface area (Å²) in [6, 6.07) is 0. The number of pyridine rings is 1. The Morgan fingerprint density at radius 2 is 1.84 bits per heavy atom. The standard InChI is InChI=1S/C13H10Br2F5NO4/c1-2-25-12(24)7-5(4(15)3-14)6(11(22)23)8(10(16)17)21-9(7)13(18,19)20/h4,10H,2-3H2,1H3,(H,22,23). The number of hydrogen-bond acceptors (Lipinski definition) is 4.